The summed E-state index contributed by atoms with van der Waals surface area (Å²) in [4.78, 5) is 41.7. The number of halogens is 5. The van der Waals surface area contributed by atoms with E-state index in [4.69, 9.17) is 25.8 Å². The summed E-state index contributed by atoms with van der Waals surface area (Å²) >= 11 is 8.68. The minimum absolute atomic E-state index is 0.0489. The highest BCUT2D eigenvalue weighted by Gasteiger charge is 2.45. The zero-order valence-corrected chi connectivity index (χ0v) is 25.4. The minimum atomic E-state index is -5.02. The van der Waals surface area contributed by atoms with Gasteiger partial charge in [0.15, 0.2) is 22.0 Å². The Labute approximate surface area is 253 Å². The number of hydrogen-bond acceptors (Lipinski definition) is 8. The molecule has 0 aliphatic carbocycles. The highest BCUT2D eigenvalue weighted by Crippen LogP contribution is 2.39. The first kappa shape index (κ1) is 30.8. The Morgan fingerprint density at radius 3 is 2.44 bits per heavy atom. The van der Waals surface area contributed by atoms with Gasteiger partial charge in [-0.05, 0) is 77.9 Å². The number of thiazole rings is 1. The second-order valence-corrected chi connectivity index (χ2v) is 11.1. The van der Waals surface area contributed by atoms with Crippen molar-refractivity contribution in [2.45, 2.75) is 33.0 Å². The molecule has 2 heterocycles. The van der Waals surface area contributed by atoms with E-state index in [0.717, 1.165) is 15.9 Å². The van der Waals surface area contributed by atoms with Crippen LogP contribution in [0.1, 0.15) is 37.9 Å². The third kappa shape index (κ3) is 6.51. The Morgan fingerprint density at radius 2 is 1.85 bits per heavy atom. The number of carbonyl (C=O) groups is 2. The van der Waals surface area contributed by atoms with E-state index in [0.29, 0.717) is 14.2 Å². The van der Waals surface area contributed by atoms with E-state index in [1.54, 1.807) is 19.1 Å². The van der Waals surface area contributed by atoms with E-state index in [-0.39, 0.29) is 39.6 Å². The molecule has 2 aromatic carbocycles. The van der Waals surface area contributed by atoms with Crippen molar-refractivity contribution in [3.8, 4) is 11.5 Å². The van der Waals surface area contributed by atoms with Crippen molar-refractivity contribution in [2.24, 2.45) is 4.99 Å². The highest BCUT2D eigenvalue weighted by molar-refractivity contribution is 14.1. The van der Waals surface area contributed by atoms with Crippen molar-refractivity contribution in [1.82, 2.24) is 4.57 Å². The average Bonchev–Trinajstić information content (AvgIpc) is 3.20. The summed E-state index contributed by atoms with van der Waals surface area (Å²) in [5.74, 6) is -1.34. The third-order valence-electron chi connectivity index (χ3n) is 5.66. The van der Waals surface area contributed by atoms with Crippen molar-refractivity contribution >= 4 is 63.5 Å². The molecular formula is C27H21ClF3IN2O6S. The average molecular weight is 721 g/mol. The van der Waals surface area contributed by atoms with Crippen LogP contribution in [0.3, 0.4) is 0 Å². The number of rotatable bonds is 7. The maximum atomic E-state index is 14.3. The first-order valence-corrected chi connectivity index (χ1v) is 14.3. The number of nitrogens with zero attached hydrogens (tertiary/aromatic N) is 2. The van der Waals surface area contributed by atoms with E-state index in [9.17, 15) is 27.6 Å². The predicted molar refractivity (Wildman–Crippen MR) is 154 cm³/mol. The number of aromatic nitrogens is 1. The lowest BCUT2D eigenvalue weighted by molar-refractivity contribution is -0.140. The van der Waals surface area contributed by atoms with Crippen LogP contribution in [0.15, 0.2) is 57.5 Å². The van der Waals surface area contributed by atoms with Gasteiger partial charge in [0.1, 0.15) is 0 Å². The predicted octanol–water partition coefficient (Wildman–Crippen LogP) is 4.92. The summed E-state index contributed by atoms with van der Waals surface area (Å²) in [6, 6.07) is 7.47. The largest absolute Gasteiger partial charge is 0.490 e. The highest BCUT2D eigenvalue weighted by atomic mass is 127. The molecule has 0 spiro atoms. The fourth-order valence-electron chi connectivity index (χ4n) is 4.13. The SMILES string of the molecule is CCOC(=O)C1=C(C(F)(F)F)N=c2s/c(=C\c3cc(I)c(OC(C)=O)c(OCC)c3)c(=O)n2[C@@H]1c1ccc(Cl)cc1. The minimum Gasteiger partial charge on any atom is -0.490 e. The molecule has 0 fully saturated rings. The summed E-state index contributed by atoms with van der Waals surface area (Å²) in [5, 5.41) is 0.316. The topological polar surface area (TPSA) is 96.2 Å². The molecule has 1 aliphatic heterocycles. The molecular weight excluding hydrogens is 700 g/mol. The van der Waals surface area contributed by atoms with Crippen LogP contribution in [0, 0.1) is 3.57 Å². The third-order valence-corrected chi connectivity index (χ3v) is 7.69. The van der Waals surface area contributed by atoms with E-state index >= 15 is 0 Å². The first-order valence-electron chi connectivity index (χ1n) is 12.1. The van der Waals surface area contributed by atoms with Gasteiger partial charge in [-0.3, -0.25) is 14.2 Å². The van der Waals surface area contributed by atoms with Gasteiger partial charge >= 0.3 is 18.1 Å². The van der Waals surface area contributed by atoms with Crippen LogP contribution in [-0.4, -0.2) is 35.9 Å². The Hall–Kier alpha value is -3.17. The summed E-state index contributed by atoms with van der Waals surface area (Å²) in [6.07, 6.45) is -3.55. The Balaban J connectivity index is 2.00. The van der Waals surface area contributed by atoms with E-state index in [1.165, 1.54) is 44.2 Å². The maximum absolute atomic E-state index is 14.3. The molecule has 0 unspecified atom stereocenters. The number of benzene rings is 2. The van der Waals surface area contributed by atoms with E-state index in [1.807, 2.05) is 22.6 Å². The molecule has 1 aliphatic rings. The molecule has 0 saturated heterocycles. The fourth-order valence-corrected chi connectivity index (χ4v) is 5.99. The number of allylic oxidation sites excluding steroid dienone is 1. The van der Waals surface area contributed by atoms with Crippen LogP contribution in [-0.2, 0) is 14.3 Å². The van der Waals surface area contributed by atoms with Gasteiger partial charge in [-0.1, -0.05) is 35.1 Å². The van der Waals surface area contributed by atoms with E-state index < -0.39 is 41.0 Å². The molecule has 0 amide bonds. The van der Waals surface area contributed by atoms with Gasteiger partial charge in [-0.25, -0.2) is 9.79 Å². The van der Waals surface area contributed by atoms with Crippen LogP contribution in [0.4, 0.5) is 13.2 Å². The Kier molecular flexibility index (Phi) is 9.29. The van der Waals surface area contributed by atoms with Gasteiger partial charge < -0.3 is 14.2 Å². The molecule has 216 valence electrons. The van der Waals surface area contributed by atoms with Crippen LogP contribution >= 0.6 is 45.5 Å². The molecule has 3 aromatic rings. The lowest BCUT2D eigenvalue weighted by Gasteiger charge is -2.26. The molecule has 0 N–H and O–H groups in total. The van der Waals surface area contributed by atoms with Crippen molar-refractivity contribution in [3.63, 3.8) is 0 Å². The summed E-state index contributed by atoms with van der Waals surface area (Å²) in [5.41, 5.74) is -2.25. The molecule has 14 heteroatoms. The van der Waals surface area contributed by atoms with Gasteiger partial charge in [-0.2, -0.15) is 13.2 Å². The summed E-state index contributed by atoms with van der Waals surface area (Å²) in [6.45, 7) is 4.52. The van der Waals surface area contributed by atoms with Crippen LogP contribution in [0.5, 0.6) is 11.5 Å². The monoisotopic (exact) mass is 720 g/mol. The second kappa shape index (κ2) is 12.4. The number of alkyl halides is 3. The lowest BCUT2D eigenvalue weighted by Crippen LogP contribution is -2.41. The number of ether oxygens (including phenoxy) is 3. The number of carbonyl (C=O) groups excluding carboxylic acids is 2. The van der Waals surface area contributed by atoms with Gasteiger partial charge in [0, 0.05) is 11.9 Å². The van der Waals surface area contributed by atoms with Gasteiger partial charge in [-0.15, -0.1) is 0 Å². The number of fused-ring (bicyclic) bond motifs is 1. The molecule has 8 nitrogen and oxygen atoms in total. The lowest BCUT2D eigenvalue weighted by atomic mass is 9.95. The van der Waals surface area contributed by atoms with Crippen molar-refractivity contribution in [2.75, 3.05) is 13.2 Å². The van der Waals surface area contributed by atoms with Crippen LogP contribution in [0.2, 0.25) is 5.02 Å². The molecule has 0 saturated carbocycles. The van der Waals surface area contributed by atoms with E-state index in [2.05, 4.69) is 4.99 Å². The fraction of sp³-hybridized carbons (Fsp3) is 0.259. The second-order valence-electron chi connectivity index (χ2n) is 8.47. The first-order chi connectivity index (χ1) is 19.3. The summed E-state index contributed by atoms with van der Waals surface area (Å²) < 4.78 is 60.2. The van der Waals surface area contributed by atoms with Crippen LogP contribution in [0.25, 0.3) is 6.08 Å². The number of hydrogen-bond donors (Lipinski definition) is 0. The quantitative estimate of drug-likeness (QED) is 0.196. The molecule has 1 atom stereocenters. The van der Waals surface area contributed by atoms with Gasteiger partial charge in [0.25, 0.3) is 5.56 Å². The summed E-state index contributed by atoms with van der Waals surface area (Å²) in [7, 11) is 0. The standard InChI is InChI=1S/C27H21ClF3IN2O6S/c1-4-38-18-11-14(10-17(32)22(18)40-13(3)35)12-19-24(36)34-21(15-6-8-16(28)9-7-15)20(25(37)39-5-2)23(27(29,30)31)33-26(34)41-19/h6-12,21H,4-5H2,1-3H3/b19-12-/t21-/m1/s1. The zero-order valence-electron chi connectivity index (χ0n) is 21.7. The van der Waals surface area contributed by atoms with Crippen molar-refractivity contribution < 1.29 is 37.0 Å². The van der Waals surface area contributed by atoms with Crippen molar-refractivity contribution in [3.05, 3.63) is 87.1 Å². The molecule has 41 heavy (non-hydrogen) atoms. The molecule has 4 rings (SSSR count). The van der Waals surface area contributed by atoms with Gasteiger partial charge in [0.05, 0.1) is 32.9 Å². The maximum Gasteiger partial charge on any atom is 0.434 e. The normalized spacial score (nSPS) is 15.3. The smallest absolute Gasteiger partial charge is 0.434 e. The number of esters is 2. The zero-order chi connectivity index (χ0) is 30.1. The Morgan fingerprint density at radius 1 is 1.17 bits per heavy atom. The Bertz CT molecular complexity index is 1730. The van der Waals surface area contributed by atoms with Crippen LogP contribution < -0.4 is 24.4 Å². The molecule has 0 radical (unpaired) electrons. The van der Waals surface area contributed by atoms with Crippen molar-refractivity contribution in [1.29, 1.82) is 0 Å². The molecule has 0 bridgehead atoms. The molecule has 1 aromatic heterocycles. The van der Waals surface area contributed by atoms with Gasteiger partial charge in [0.2, 0.25) is 0 Å².